The van der Waals surface area contributed by atoms with Gasteiger partial charge in [-0.1, -0.05) is 26.0 Å². The minimum absolute atomic E-state index is 0.130. The van der Waals surface area contributed by atoms with Crippen LogP contribution in [0.5, 0.6) is 0 Å². The van der Waals surface area contributed by atoms with Crippen LogP contribution in [0, 0.1) is 18.2 Å². The number of carbonyl (C=O) groups excluding carboxylic acids is 1. The van der Waals surface area contributed by atoms with Crippen molar-refractivity contribution in [2.24, 2.45) is 5.41 Å². The van der Waals surface area contributed by atoms with E-state index in [-0.39, 0.29) is 29.0 Å². The van der Waals surface area contributed by atoms with Crippen molar-refractivity contribution in [1.29, 1.82) is 0 Å². The molecule has 2 atom stereocenters. The topological polar surface area (TPSA) is 71.9 Å². The van der Waals surface area contributed by atoms with Gasteiger partial charge in [0.2, 0.25) is 5.91 Å². The zero-order valence-electron chi connectivity index (χ0n) is 19.0. The number of benzene rings is 1. The van der Waals surface area contributed by atoms with Gasteiger partial charge in [-0.3, -0.25) is 4.79 Å². The van der Waals surface area contributed by atoms with Gasteiger partial charge < -0.3 is 4.90 Å². The average molecular weight is 444 g/mol. The smallest absolute Gasteiger partial charge is 0.235 e. The summed E-state index contributed by atoms with van der Waals surface area (Å²) in [4.78, 5) is 24.9. The molecule has 3 heterocycles. The molecule has 168 valence electrons. The molecule has 1 saturated heterocycles. The molecule has 0 N–H and O–H groups in total. The van der Waals surface area contributed by atoms with Gasteiger partial charge in [0.05, 0.1) is 22.7 Å². The van der Waals surface area contributed by atoms with Crippen molar-refractivity contribution in [1.82, 2.24) is 25.1 Å². The van der Waals surface area contributed by atoms with Gasteiger partial charge >= 0.3 is 0 Å². The molecule has 0 spiro atoms. The highest BCUT2D eigenvalue weighted by Gasteiger charge is 2.68. The number of hydrogen-bond acceptors (Lipinski definition) is 5. The molecule has 1 saturated carbocycles. The first-order chi connectivity index (χ1) is 15.8. The monoisotopic (exact) mass is 443 g/mol. The van der Waals surface area contributed by atoms with E-state index >= 15 is 0 Å². The first-order valence-corrected chi connectivity index (χ1v) is 11.5. The fourth-order valence-electron chi connectivity index (χ4n) is 6.34. The van der Waals surface area contributed by atoms with Gasteiger partial charge in [-0.05, 0) is 60.9 Å². The van der Waals surface area contributed by atoms with Crippen LogP contribution in [0.2, 0.25) is 0 Å². The normalized spacial score (nSPS) is 25.1. The Balaban J connectivity index is 1.34. The van der Waals surface area contributed by atoms with Crippen LogP contribution in [0.1, 0.15) is 61.3 Å². The number of likely N-dealkylation sites (tertiary alicyclic amines) is 1. The van der Waals surface area contributed by atoms with E-state index in [0.29, 0.717) is 24.3 Å². The molecule has 2 aliphatic carbocycles. The van der Waals surface area contributed by atoms with E-state index in [9.17, 15) is 9.18 Å². The fourth-order valence-corrected chi connectivity index (χ4v) is 6.34. The number of hydrogen-bond donors (Lipinski definition) is 0. The fraction of sp³-hybridized carbons (Fsp3) is 0.423. The molecule has 0 unspecified atom stereocenters. The molecule has 2 aromatic heterocycles. The third-order valence-corrected chi connectivity index (χ3v) is 8.24. The molecule has 3 aromatic rings. The van der Waals surface area contributed by atoms with Gasteiger partial charge in [0, 0.05) is 30.5 Å². The first-order valence-electron chi connectivity index (χ1n) is 11.5. The van der Waals surface area contributed by atoms with Gasteiger partial charge in [0.15, 0.2) is 0 Å². The molecule has 1 aliphatic heterocycles. The highest BCUT2D eigenvalue weighted by molar-refractivity contribution is 5.92. The van der Waals surface area contributed by atoms with Crippen molar-refractivity contribution in [2.75, 3.05) is 13.1 Å². The van der Waals surface area contributed by atoms with Crippen LogP contribution in [-0.2, 0) is 10.2 Å². The van der Waals surface area contributed by atoms with Crippen molar-refractivity contribution < 1.29 is 9.18 Å². The molecule has 2 bridgehead atoms. The van der Waals surface area contributed by atoms with Gasteiger partial charge in [-0.25, -0.2) is 14.4 Å². The lowest BCUT2D eigenvalue weighted by Gasteiger charge is -2.46. The minimum atomic E-state index is -0.688. The quantitative estimate of drug-likeness (QED) is 0.608. The number of aromatic nitrogens is 4. The molecule has 2 fully saturated rings. The number of fused-ring (bicyclic) bond motifs is 5. The summed E-state index contributed by atoms with van der Waals surface area (Å²) < 4.78 is 14.4. The summed E-state index contributed by atoms with van der Waals surface area (Å²) in [7, 11) is 0. The molecule has 1 aromatic carbocycles. The van der Waals surface area contributed by atoms with E-state index in [4.69, 9.17) is 0 Å². The van der Waals surface area contributed by atoms with Crippen LogP contribution in [0.3, 0.4) is 0 Å². The standard InChI is InChI=1S/C26H26FN5O/c1-15-9-11-28-23(29-15)16-13-32(14-16)24(33)26-10-8-19(25(26,2)3)18-12-21(30-31-22(18)26)17-6-4-5-7-20(17)27/h4-7,9,11-12,16,19H,8,10,13-14H2,1-3H3/t19-,26+/m0/s1. The molecule has 6 rings (SSSR count). The van der Waals surface area contributed by atoms with Crippen LogP contribution in [0.4, 0.5) is 4.39 Å². The minimum Gasteiger partial charge on any atom is -0.340 e. The molecule has 0 radical (unpaired) electrons. The lowest BCUT2D eigenvalue weighted by molar-refractivity contribution is -0.145. The van der Waals surface area contributed by atoms with Gasteiger partial charge in [0.25, 0.3) is 0 Å². The van der Waals surface area contributed by atoms with Crippen LogP contribution in [0.15, 0.2) is 42.6 Å². The van der Waals surface area contributed by atoms with Crippen LogP contribution < -0.4 is 0 Å². The zero-order valence-corrected chi connectivity index (χ0v) is 19.0. The summed E-state index contributed by atoms with van der Waals surface area (Å²) in [5.41, 5.74) is 2.77. The number of rotatable bonds is 3. The predicted octanol–water partition coefficient (Wildman–Crippen LogP) is 4.16. The summed E-state index contributed by atoms with van der Waals surface area (Å²) in [6, 6.07) is 10.5. The summed E-state index contributed by atoms with van der Waals surface area (Å²) in [5, 5.41) is 8.98. The van der Waals surface area contributed by atoms with Crippen molar-refractivity contribution in [3.63, 3.8) is 0 Å². The number of carbonyl (C=O) groups is 1. The van der Waals surface area contributed by atoms with Crippen LogP contribution in [0.25, 0.3) is 11.3 Å². The van der Waals surface area contributed by atoms with Gasteiger partial charge in [-0.15, -0.1) is 0 Å². The number of halogens is 1. The van der Waals surface area contributed by atoms with Crippen molar-refractivity contribution >= 4 is 5.91 Å². The Bertz CT molecular complexity index is 1290. The SMILES string of the molecule is Cc1ccnc(C2CN(C(=O)[C@@]34CC[C@@H](c5cc(-c6ccccc6F)nnc53)C4(C)C)C2)n1. The van der Waals surface area contributed by atoms with E-state index in [1.54, 1.807) is 24.4 Å². The second-order valence-electron chi connectivity index (χ2n) is 10.2. The third-order valence-electron chi connectivity index (χ3n) is 8.24. The first kappa shape index (κ1) is 20.4. The lowest BCUT2D eigenvalue weighted by atomic mass is 9.67. The van der Waals surface area contributed by atoms with Crippen LogP contribution >= 0.6 is 0 Å². The van der Waals surface area contributed by atoms with E-state index in [0.717, 1.165) is 35.6 Å². The largest absolute Gasteiger partial charge is 0.340 e. The molecular formula is C26H26FN5O. The summed E-state index contributed by atoms with van der Waals surface area (Å²) in [6.45, 7) is 7.56. The van der Waals surface area contributed by atoms with E-state index in [1.165, 1.54) is 6.07 Å². The van der Waals surface area contributed by atoms with E-state index in [1.807, 2.05) is 24.0 Å². The maximum Gasteiger partial charge on any atom is 0.235 e. The van der Waals surface area contributed by atoms with Crippen LogP contribution in [-0.4, -0.2) is 44.1 Å². The number of nitrogens with zero attached hydrogens (tertiary/aromatic N) is 5. The Morgan fingerprint density at radius 1 is 1.15 bits per heavy atom. The molecule has 1 amide bonds. The Morgan fingerprint density at radius 2 is 1.94 bits per heavy atom. The number of amides is 1. The molecule has 7 heteroatoms. The average Bonchev–Trinajstić information content (AvgIpc) is 3.14. The second-order valence-corrected chi connectivity index (χ2v) is 10.2. The van der Waals surface area contributed by atoms with Gasteiger partial charge in [0.1, 0.15) is 11.6 Å². The summed E-state index contributed by atoms with van der Waals surface area (Å²) in [6.07, 6.45) is 3.47. The Kier molecular flexibility index (Phi) is 4.26. The zero-order chi connectivity index (χ0) is 23.0. The lowest BCUT2D eigenvalue weighted by Crippen LogP contribution is -2.58. The summed E-state index contributed by atoms with van der Waals surface area (Å²) >= 11 is 0. The highest BCUT2D eigenvalue weighted by Crippen LogP contribution is 2.68. The Labute approximate surface area is 192 Å². The summed E-state index contributed by atoms with van der Waals surface area (Å²) in [5.74, 6) is 0.993. The second kappa shape index (κ2) is 6.89. The highest BCUT2D eigenvalue weighted by atomic mass is 19.1. The van der Waals surface area contributed by atoms with Crippen molar-refractivity contribution in [3.05, 3.63) is 71.2 Å². The Hall–Kier alpha value is -3.22. The maximum absolute atomic E-state index is 14.4. The van der Waals surface area contributed by atoms with Gasteiger partial charge in [-0.2, -0.15) is 10.2 Å². The maximum atomic E-state index is 14.4. The van der Waals surface area contributed by atoms with E-state index < -0.39 is 5.41 Å². The molecule has 3 aliphatic rings. The molecule has 33 heavy (non-hydrogen) atoms. The van der Waals surface area contributed by atoms with E-state index in [2.05, 4.69) is 34.0 Å². The van der Waals surface area contributed by atoms with Crippen molar-refractivity contribution in [2.45, 2.75) is 50.9 Å². The molecular weight excluding hydrogens is 417 g/mol. The molecule has 6 nitrogen and oxygen atoms in total. The van der Waals surface area contributed by atoms with Crippen molar-refractivity contribution in [3.8, 4) is 11.3 Å². The Morgan fingerprint density at radius 3 is 2.70 bits per heavy atom. The third kappa shape index (κ3) is 2.68. The predicted molar refractivity (Wildman–Crippen MR) is 121 cm³/mol. The number of aryl methyl sites for hydroxylation is 1.